The Morgan fingerprint density at radius 2 is 1.43 bits per heavy atom. The van der Waals surface area contributed by atoms with Gasteiger partial charge in [-0.2, -0.15) is 17.2 Å². The van der Waals surface area contributed by atoms with E-state index in [1.165, 1.54) is 5.01 Å². The van der Waals surface area contributed by atoms with E-state index in [-0.39, 0.29) is 65.0 Å². The maximum atomic E-state index is 13.7. The molecule has 2 aromatic heterocycles. The number of benzene rings is 3. The predicted octanol–water partition coefficient (Wildman–Crippen LogP) is 4.87. The molecule has 0 unspecified atom stereocenters. The van der Waals surface area contributed by atoms with Crippen LogP contribution < -0.4 is 15.4 Å². The molecule has 23 heteroatoms. The van der Waals surface area contributed by atoms with Crippen molar-refractivity contribution >= 4 is 45.0 Å². The Morgan fingerprint density at radius 1 is 0.821 bits per heavy atom. The molecule has 3 N–H and O–H groups in total. The zero-order valence-electron chi connectivity index (χ0n) is 36.0. The summed E-state index contributed by atoms with van der Waals surface area (Å²) < 4.78 is 123. The van der Waals surface area contributed by atoms with E-state index in [9.17, 15) is 54.1 Å². The number of hydrogen-bond acceptors (Lipinski definition) is 12. The largest absolute Gasteiger partial charge is 0.447 e. The van der Waals surface area contributed by atoms with Crippen LogP contribution in [0.4, 0.5) is 26.7 Å². The molecule has 6 rings (SSSR count). The standard InChI is InChI=1S/C44H45F5N6O11S/c1-53(54(2)44(59)65-24-32-30-11-5-3-9-28(30)29-10-4-6-12-31(29)32)23-27-22-26-8-7-15-50-42(26)55(27)17-13-34(56)52-33(25-67(60,61)62)43(58)51-16-19-64-21-20-63-18-14-35(57)66-41-39(48)37(46)36(45)38(47)40(41)49/h3-12,15,22,32-33H,13-14,16-21,23-25H2,1-2H3,(H,51,58)(H,52,56)(H,60,61,62)/t33-/m0/s1. The summed E-state index contributed by atoms with van der Waals surface area (Å²) in [4.78, 5) is 55.8. The Hall–Kier alpha value is -6.53. The van der Waals surface area contributed by atoms with E-state index < -0.39 is 87.0 Å². The molecule has 358 valence electrons. The van der Waals surface area contributed by atoms with E-state index in [0.717, 1.165) is 27.6 Å². The SMILES string of the molecule is CN(Cc1cc2cccnc2n1CCC(=O)N[C@@H](CS(=O)(=O)O)C(=O)NCCOCCOCCC(=O)Oc1c(F)c(F)c(F)c(F)c1F)N(C)C(=O)OCC1c2ccccc2-c2ccccc21. The van der Waals surface area contributed by atoms with Gasteiger partial charge in [0.1, 0.15) is 24.0 Å². The fraction of sp³-hybridized carbons (Fsp3) is 0.341. The second-order valence-electron chi connectivity index (χ2n) is 15.1. The van der Waals surface area contributed by atoms with E-state index in [0.29, 0.717) is 11.3 Å². The summed E-state index contributed by atoms with van der Waals surface area (Å²) in [5.41, 5.74) is 5.52. The average molecular weight is 961 g/mol. The number of aryl methyl sites for hydroxylation is 1. The van der Waals surface area contributed by atoms with Crippen molar-refractivity contribution in [3.8, 4) is 16.9 Å². The van der Waals surface area contributed by atoms with Crippen LogP contribution in [0.5, 0.6) is 5.75 Å². The number of nitrogens with zero attached hydrogens (tertiary/aromatic N) is 4. The van der Waals surface area contributed by atoms with E-state index in [2.05, 4.69) is 20.4 Å². The fourth-order valence-electron chi connectivity index (χ4n) is 7.25. The molecule has 17 nitrogen and oxygen atoms in total. The van der Waals surface area contributed by atoms with Crippen LogP contribution in [0, 0.1) is 29.1 Å². The summed E-state index contributed by atoms with van der Waals surface area (Å²) in [7, 11) is -1.50. The van der Waals surface area contributed by atoms with Gasteiger partial charge < -0.3 is 34.1 Å². The zero-order valence-corrected chi connectivity index (χ0v) is 36.8. The molecule has 67 heavy (non-hydrogen) atoms. The quantitative estimate of drug-likeness (QED) is 0.0124. The van der Waals surface area contributed by atoms with Crippen molar-refractivity contribution in [3.63, 3.8) is 0 Å². The Balaban J connectivity index is 0.947. The second-order valence-corrected chi connectivity index (χ2v) is 16.6. The number of pyridine rings is 1. The number of hydrazine groups is 1. The first kappa shape index (κ1) is 49.9. The summed E-state index contributed by atoms with van der Waals surface area (Å²) in [6, 6.07) is 19.7. The minimum atomic E-state index is -4.76. The van der Waals surface area contributed by atoms with Crippen molar-refractivity contribution in [1.29, 1.82) is 0 Å². The number of esters is 1. The van der Waals surface area contributed by atoms with Gasteiger partial charge in [-0.1, -0.05) is 48.5 Å². The third-order valence-electron chi connectivity index (χ3n) is 10.6. The number of ether oxygens (including phenoxy) is 4. The minimum Gasteiger partial charge on any atom is -0.447 e. The lowest BCUT2D eigenvalue weighted by atomic mass is 9.98. The molecule has 3 aromatic carbocycles. The molecular formula is C44H45F5N6O11S. The van der Waals surface area contributed by atoms with Crippen LogP contribution in [-0.4, -0.2) is 122 Å². The first-order valence-electron chi connectivity index (χ1n) is 20.6. The molecule has 0 bridgehead atoms. The van der Waals surface area contributed by atoms with E-state index >= 15 is 0 Å². The van der Waals surface area contributed by atoms with Crippen LogP contribution in [0.3, 0.4) is 0 Å². The third kappa shape index (κ3) is 12.5. The van der Waals surface area contributed by atoms with Crippen LogP contribution in [-0.2, 0) is 51.8 Å². The molecule has 0 saturated carbocycles. The molecule has 1 atom stereocenters. The van der Waals surface area contributed by atoms with Gasteiger partial charge in [0, 0.05) is 56.8 Å². The molecule has 0 spiro atoms. The molecule has 1 aliphatic rings. The highest BCUT2D eigenvalue weighted by Gasteiger charge is 2.31. The Bertz CT molecular complexity index is 2670. The highest BCUT2D eigenvalue weighted by atomic mass is 32.2. The number of hydrogen-bond donors (Lipinski definition) is 3. The number of rotatable bonds is 22. The monoisotopic (exact) mass is 960 g/mol. The van der Waals surface area contributed by atoms with E-state index in [1.807, 2.05) is 60.7 Å². The van der Waals surface area contributed by atoms with Gasteiger partial charge in [-0.15, -0.1) is 0 Å². The Labute approximate surface area is 380 Å². The van der Waals surface area contributed by atoms with Gasteiger partial charge in [0.15, 0.2) is 0 Å². The highest BCUT2D eigenvalue weighted by molar-refractivity contribution is 7.85. The number of aromatic nitrogens is 2. The van der Waals surface area contributed by atoms with Gasteiger partial charge in [-0.3, -0.25) is 18.9 Å². The topological polar surface area (TPSA) is 208 Å². The molecule has 2 heterocycles. The van der Waals surface area contributed by atoms with Crippen LogP contribution in [0.1, 0.15) is 35.6 Å². The molecule has 1 aliphatic carbocycles. The molecule has 3 amide bonds. The summed E-state index contributed by atoms with van der Waals surface area (Å²) >= 11 is 0. The van der Waals surface area contributed by atoms with Gasteiger partial charge in [0.25, 0.3) is 10.1 Å². The molecule has 0 fully saturated rings. The van der Waals surface area contributed by atoms with Gasteiger partial charge >= 0.3 is 12.1 Å². The lowest BCUT2D eigenvalue weighted by Crippen LogP contribution is -2.51. The molecule has 0 saturated heterocycles. The lowest BCUT2D eigenvalue weighted by Gasteiger charge is -2.28. The third-order valence-corrected chi connectivity index (χ3v) is 11.3. The fourth-order valence-corrected chi connectivity index (χ4v) is 7.90. The predicted molar refractivity (Wildman–Crippen MR) is 228 cm³/mol. The van der Waals surface area contributed by atoms with Crippen molar-refractivity contribution in [2.24, 2.45) is 0 Å². The molecule has 5 aromatic rings. The van der Waals surface area contributed by atoms with E-state index in [4.69, 9.17) is 14.2 Å². The van der Waals surface area contributed by atoms with Crippen LogP contribution in [0.25, 0.3) is 22.2 Å². The Kier molecular flexibility index (Phi) is 16.6. The normalized spacial score (nSPS) is 12.7. The maximum Gasteiger partial charge on any atom is 0.424 e. The number of carbonyl (C=O) groups is 4. The van der Waals surface area contributed by atoms with Crippen LogP contribution in [0.15, 0.2) is 72.9 Å². The molecular weight excluding hydrogens is 916 g/mol. The number of fused-ring (bicyclic) bond motifs is 4. The Morgan fingerprint density at radius 3 is 2.07 bits per heavy atom. The van der Waals surface area contributed by atoms with Crippen LogP contribution >= 0.6 is 0 Å². The van der Waals surface area contributed by atoms with Gasteiger partial charge in [0.05, 0.1) is 39.4 Å². The summed E-state index contributed by atoms with van der Waals surface area (Å²) in [5.74, 6) is -17.7. The summed E-state index contributed by atoms with van der Waals surface area (Å²) in [5, 5.41) is 8.44. The van der Waals surface area contributed by atoms with Gasteiger partial charge in [-0.25, -0.2) is 33.0 Å². The first-order valence-corrected chi connectivity index (χ1v) is 22.2. The highest BCUT2D eigenvalue weighted by Crippen LogP contribution is 2.44. The maximum absolute atomic E-state index is 13.7. The van der Waals surface area contributed by atoms with Crippen molar-refractivity contribution in [1.82, 2.24) is 30.2 Å². The minimum absolute atomic E-state index is 0.0206. The van der Waals surface area contributed by atoms with Crippen molar-refractivity contribution in [3.05, 3.63) is 119 Å². The molecule has 0 aliphatic heterocycles. The second kappa shape index (κ2) is 22.3. The average Bonchev–Trinajstić information content (AvgIpc) is 3.82. The summed E-state index contributed by atoms with van der Waals surface area (Å²) in [6.45, 7) is -0.670. The lowest BCUT2D eigenvalue weighted by molar-refractivity contribution is -0.136. The van der Waals surface area contributed by atoms with Crippen molar-refractivity contribution in [2.45, 2.75) is 37.9 Å². The number of carbonyl (C=O) groups excluding carboxylic acids is 4. The van der Waals surface area contributed by atoms with Crippen LogP contribution in [0.2, 0.25) is 0 Å². The van der Waals surface area contributed by atoms with Gasteiger partial charge in [0.2, 0.25) is 46.6 Å². The zero-order chi connectivity index (χ0) is 48.4. The van der Waals surface area contributed by atoms with Crippen molar-refractivity contribution in [2.75, 3.05) is 59.4 Å². The molecule has 0 radical (unpaired) electrons. The number of amides is 3. The smallest absolute Gasteiger partial charge is 0.424 e. The number of halogens is 5. The van der Waals surface area contributed by atoms with Crippen molar-refractivity contribution < 1.29 is 73.0 Å². The summed E-state index contributed by atoms with van der Waals surface area (Å²) in [6.07, 6.45) is 0.0949. The van der Waals surface area contributed by atoms with E-state index in [1.54, 1.807) is 35.9 Å². The van der Waals surface area contributed by atoms with Gasteiger partial charge in [-0.05, 0) is 40.5 Å². The number of nitrogens with one attached hydrogen (secondary N) is 2. The first-order chi connectivity index (χ1) is 31.9.